The van der Waals surface area contributed by atoms with Crippen LogP contribution < -0.4 is 10.1 Å². The summed E-state index contributed by atoms with van der Waals surface area (Å²) in [6, 6.07) is 23.6. The lowest BCUT2D eigenvalue weighted by atomic mass is 9.84. The van der Waals surface area contributed by atoms with Gasteiger partial charge in [0, 0.05) is 51.9 Å². The van der Waals surface area contributed by atoms with Crippen LogP contribution in [-0.4, -0.2) is 116 Å². The van der Waals surface area contributed by atoms with Crippen LogP contribution in [0, 0.1) is 0 Å². The second-order valence-electron chi connectivity index (χ2n) is 13.4. The van der Waals surface area contributed by atoms with Gasteiger partial charge in [-0.3, -0.25) is 9.69 Å². The Balaban J connectivity index is 1.20. The van der Waals surface area contributed by atoms with Gasteiger partial charge in [0.05, 0.1) is 44.7 Å². The number of likely N-dealkylation sites (N-methyl/N-ethyl adjacent to an activating group) is 1. The van der Waals surface area contributed by atoms with E-state index in [1.165, 1.54) is 4.90 Å². The predicted molar refractivity (Wildman–Crippen MR) is 187 cm³/mol. The molecule has 2 fully saturated rings. The third-order valence-corrected chi connectivity index (χ3v) is 10.0. The molecule has 0 spiro atoms. The maximum absolute atomic E-state index is 14.3. The number of fused-ring (bicyclic) bond motifs is 1. The van der Waals surface area contributed by atoms with Gasteiger partial charge in [0.15, 0.2) is 0 Å². The highest BCUT2D eigenvalue weighted by Crippen LogP contribution is 2.36. The van der Waals surface area contributed by atoms with Crippen molar-refractivity contribution in [3.05, 3.63) is 101 Å². The summed E-state index contributed by atoms with van der Waals surface area (Å²) in [5.41, 5.74) is 3.76. The van der Waals surface area contributed by atoms with Crippen LogP contribution in [0.1, 0.15) is 47.1 Å². The molecule has 50 heavy (non-hydrogen) atoms. The molecule has 1 aliphatic carbocycles. The maximum atomic E-state index is 14.3. The second-order valence-corrected chi connectivity index (χ2v) is 13.4. The molecular weight excluding hydrogens is 638 g/mol. The smallest absolute Gasteiger partial charge is 0.408 e. The SMILES string of the molecule is CN(C(=O)[C@@H](C[C@H](O)[C@@H](Cc1ccccc1)c1ccc(OCCN2CCOCC2)cc1)NC(=O)O[C@@H]1CCOC1)[C@H]1c2ccccc2C[C@H]1O. The molecule has 6 rings (SSSR count). The first-order valence-electron chi connectivity index (χ1n) is 17.7. The highest BCUT2D eigenvalue weighted by atomic mass is 16.6. The molecule has 3 aromatic rings. The molecule has 11 nitrogen and oxygen atoms in total. The van der Waals surface area contributed by atoms with E-state index in [1.54, 1.807) is 7.05 Å². The number of aliphatic hydroxyl groups excluding tert-OH is 2. The van der Waals surface area contributed by atoms with Gasteiger partial charge in [-0.1, -0.05) is 66.7 Å². The number of nitrogens with zero attached hydrogens (tertiary/aromatic N) is 2. The fraction of sp³-hybridized carbons (Fsp3) is 0.487. The number of nitrogens with one attached hydrogen (secondary N) is 1. The van der Waals surface area contributed by atoms with Crippen molar-refractivity contribution in [2.24, 2.45) is 0 Å². The molecule has 268 valence electrons. The van der Waals surface area contributed by atoms with Gasteiger partial charge in [-0.15, -0.1) is 0 Å². The Morgan fingerprint density at radius 3 is 2.46 bits per heavy atom. The van der Waals surface area contributed by atoms with Crippen molar-refractivity contribution in [3.63, 3.8) is 0 Å². The summed E-state index contributed by atoms with van der Waals surface area (Å²) in [4.78, 5) is 31.2. The van der Waals surface area contributed by atoms with Gasteiger partial charge in [-0.05, 0) is 40.8 Å². The summed E-state index contributed by atoms with van der Waals surface area (Å²) in [5.74, 6) is -0.0912. The summed E-state index contributed by atoms with van der Waals surface area (Å²) >= 11 is 0. The van der Waals surface area contributed by atoms with Crippen molar-refractivity contribution in [1.29, 1.82) is 0 Å². The van der Waals surface area contributed by atoms with Crippen LogP contribution in [-0.2, 0) is 31.8 Å². The predicted octanol–water partition coefficient (Wildman–Crippen LogP) is 3.48. The van der Waals surface area contributed by atoms with Crippen LogP contribution in [0.3, 0.4) is 0 Å². The molecule has 3 aromatic carbocycles. The number of ether oxygens (including phenoxy) is 4. The first-order chi connectivity index (χ1) is 24.4. The Hall–Kier alpha value is -4.00. The third-order valence-electron chi connectivity index (χ3n) is 10.0. The largest absolute Gasteiger partial charge is 0.492 e. The Labute approximate surface area is 294 Å². The number of carbonyl (C=O) groups excluding carboxylic acids is 2. The number of carbonyl (C=O) groups is 2. The zero-order chi connectivity index (χ0) is 34.9. The average molecular weight is 688 g/mol. The fourth-order valence-corrected chi connectivity index (χ4v) is 7.24. The maximum Gasteiger partial charge on any atom is 0.408 e. The molecule has 2 saturated heterocycles. The van der Waals surface area contributed by atoms with Crippen molar-refractivity contribution in [2.75, 3.05) is 59.7 Å². The minimum absolute atomic E-state index is 0.0702. The molecular formula is C39H49N3O8. The summed E-state index contributed by atoms with van der Waals surface area (Å²) in [7, 11) is 1.63. The average Bonchev–Trinajstić information content (AvgIpc) is 3.77. The highest BCUT2D eigenvalue weighted by Gasteiger charge is 2.40. The van der Waals surface area contributed by atoms with E-state index in [1.807, 2.05) is 78.9 Å². The molecule has 0 radical (unpaired) electrons. The van der Waals surface area contributed by atoms with E-state index >= 15 is 0 Å². The lowest BCUT2D eigenvalue weighted by molar-refractivity contribution is -0.137. The molecule has 3 N–H and O–H groups in total. The minimum atomic E-state index is -1.12. The van der Waals surface area contributed by atoms with Crippen molar-refractivity contribution >= 4 is 12.0 Å². The van der Waals surface area contributed by atoms with Crippen LogP contribution in [0.2, 0.25) is 0 Å². The molecule has 2 amide bonds. The van der Waals surface area contributed by atoms with E-state index in [-0.39, 0.29) is 6.42 Å². The van der Waals surface area contributed by atoms with Gasteiger partial charge in [-0.2, -0.15) is 0 Å². The molecule has 6 atom stereocenters. The summed E-state index contributed by atoms with van der Waals surface area (Å²) in [6.07, 6.45) is -1.53. The standard InChI is InChI=1S/C39H49N3O8/c1-41(37-32-10-6-5-9-29(32)24-36(37)44)38(45)34(40-39(46)50-31-15-19-48-26-31)25-35(43)33(23-27-7-3-2-4-8-27)28-11-13-30(14-12-28)49-22-18-42-16-20-47-21-17-42/h2-14,31,33-37,43-44H,15-26H2,1H3,(H,40,46)/t31-,33+,34-,35+,36-,37+/m1/s1. The molecule has 0 bridgehead atoms. The first kappa shape index (κ1) is 35.8. The van der Waals surface area contributed by atoms with Gasteiger partial charge < -0.3 is 39.4 Å². The Morgan fingerprint density at radius 1 is 0.980 bits per heavy atom. The Kier molecular flexibility index (Phi) is 12.4. The molecule has 2 aliphatic heterocycles. The van der Waals surface area contributed by atoms with Gasteiger partial charge >= 0.3 is 6.09 Å². The first-order valence-corrected chi connectivity index (χ1v) is 17.7. The Morgan fingerprint density at radius 2 is 1.72 bits per heavy atom. The van der Waals surface area contributed by atoms with Gasteiger partial charge in [0.1, 0.15) is 24.5 Å². The molecule has 0 saturated carbocycles. The zero-order valence-corrected chi connectivity index (χ0v) is 28.7. The van der Waals surface area contributed by atoms with E-state index in [0.29, 0.717) is 39.1 Å². The van der Waals surface area contributed by atoms with Crippen LogP contribution in [0.4, 0.5) is 4.79 Å². The molecule has 3 aliphatic rings. The normalized spacial score (nSPS) is 22.3. The van der Waals surface area contributed by atoms with E-state index in [0.717, 1.165) is 60.9 Å². The lowest BCUT2D eigenvalue weighted by Gasteiger charge is -2.33. The van der Waals surface area contributed by atoms with Crippen LogP contribution in [0.25, 0.3) is 0 Å². The number of hydrogen-bond donors (Lipinski definition) is 3. The number of rotatable bonds is 14. The molecule has 0 aromatic heterocycles. The van der Waals surface area contributed by atoms with Gasteiger partial charge in [0.2, 0.25) is 5.91 Å². The summed E-state index contributed by atoms with van der Waals surface area (Å²) in [5, 5.41) is 25.8. The molecule has 2 heterocycles. The second kappa shape index (κ2) is 17.3. The van der Waals surface area contributed by atoms with Crippen LogP contribution >= 0.6 is 0 Å². The van der Waals surface area contributed by atoms with E-state index < -0.39 is 48.3 Å². The monoisotopic (exact) mass is 687 g/mol. The van der Waals surface area contributed by atoms with Crippen LogP contribution in [0.5, 0.6) is 5.75 Å². The minimum Gasteiger partial charge on any atom is -0.492 e. The third kappa shape index (κ3) is 9.21. The number of benzene rings is 3. The number of hydrogen-bond acceptors (Lipinski definition) is 9. The number of aliphatic hydroxyl groups is 2. The topological polar surface area (TPSA) is 130 Å². The highest BCUT2D eigenvalue weighted by molar-refractivity contribution is 5.86. The van der Waals surface area contributed by atoms with Gasteiger partial charge in [0.25, 0.3) is 0 Å². The number of morpholine rings is 1. The Bertz CT molecular complexity index is 1530. The van der Waals surface area contributed by atoms with Crippen molar-refractivity contribution in [1.82, 2.24) is 15.1 Å². The van der Waals surface area contributed by atoms with E-state index in [9.17, 15) is 19.8 Å². The zero-order valence-electron chi connectivity index (χ0n) is 28.7. The molecule has 11 heteroatoms. The van der Waals surface area contributed by atoms with Crippen LogP contribution in [0.15, 0.2) is 78.9 Å². The molecule has 0 unspecified atom stereocenters. The van der Waals surface area contributed by atoms with Crippen molar-refractivity contribution in [2.45, 2.75) is 62.0 Å². The van der Waals surface area contributed by atoms with Crippen molar-refractivity contribution < 1.29 is 38.7 Å². The van der Waals surface area contributed by atoms with E-state index in [2.05, 4.69) is 10.2 Å². The fourth-order valence-electron chi connectivity index (χ4n) is 7.24. The van der Waals surface area contributed by atoms with E-state index in [4.69, 9.17) is 18.9 Å². The summed E-state index contributed by atoms with van der Waals surface area (Å²) in [6.45, 7) is 5.45. The van der Waals surface area contributed by atoms with Crippen molar-refractivity contribution in [3.8, 4) is 5.75 Å². The number of alkyl carbamates (subject to hydrolysis) is 1. The quantitative estimate of drug-likeness (QED) is 0.233. The summed E-state index contributed by atoms with van der Waals surface area (Å²) < 4.78 is 22.4. The lowest BCUT2D eigenvalue weighted by Crippen LogP contribution is -2.51. The number of amides is 2. The van der Waals surface area contributed by atoms with Gasteiger partial charge in [-0.25, -0.2) is 4.79 Å².